The largest absolute Gasteiger partial charge is 0.442 e. The van der Waals surface area contributed by atoms with Crippen LogP contribution in [0.1, 0.15) is 18.1 Å². The molecule has 3 aromatic rings. The van der Waals surface area contributed by atoms with Crippen molar-refractivity contribution in [2.24, 2.45) is 0 Å². The summed E-state index contributed by atoms with van der Waals surface area (Å²) in [6, 6.07) is 13.0. The van der Waals surface area contributed by atoms with Crippen LogP contribution in [-0.4, -0.2) is 42.6 Å². The van der Waals surface area contributed by atoms with Gasteiger partial charge in [-0.1, -0.05) is 24.3 Å². The Morgan fingerprint density at radius 1 is 1.22 bits per heavy atom. The van der Waals surface area contributed by atoms with Crippen LogP contribution in [0.2, 0.25) is 0 Å². The molecule has 1 aliphatic heterocycles. The van der Waals surface area contributed by atoms with Crippen molar-refractivity contribution in [3.63, 3.8) is 0 Å². The van der Waals surface area contributed by atoms with Crippen LogP contribution in [0.3, 0.4) is 0 Å². The zero-order chi connectivity index (χ0) is 18.9. The minimum absolute atomic E-state index is 0.0945. The number of nitrogens with one attached hydrogen (secondary N) is 2. The predicted molar refractivity (Wildman–Crippen MR) is 101 cm³/mol. The van der Waals surface area contributed by atoms with Crippen molar-refractivity contribution < 1.29 is 12.8 Å². The van der Waals surface area contributed by atoms with Gasteiger partial charge in [0.05, 0.1) is 0 Å². The van der Waals surface area contributed by atoms with Crippen LogP contribution in [0.25, 0.3) is 11.5 Å². The summed E-state index contributed by atoms with van der Waals surface area (Å²) in [7, 11) is -3.72. The molecule has 0 saturated heterocycles. The standard InChI is InChI=1S/C19H22N4O3S/c1-14(12-23-11-9-15-4-2-3-5-16(15)13-23)22-27(24,25)19-7-6-18(26-19)17-8-10-20-21-17/h2-8,10,14,22H,9,11-13H2,1H3,(H,20,21)/t14-/m0/s1. The molecule has 0 unspecified atom stereocenters. The molecule has 0 bridgehead atoms. The van der Waals surface area contributed by atoms with Crippen LogP contribution >= 0.6 is 0 Å². The maximum Gasteiger partial charge on any atom is 0.274 e. The normalized spacial score (nSPS) is 16.2. The third-order valence-corrected chi connectivity index (χ3v) is 6.17. The molecule has 0 saturated carbocycles. The minimum atomic E-state index is -3.72. The summed E-state index contributed by atoms with van der Waals surface area (Å²) in [6.45, 7) is 4.28. The topological polar surface area (TPSA) is 91.2 Å². The van der Waals surface area contributed by atoms with Crippen LogP contribution in [0.15, 0.2) is 58.2 Å². The first kappa shape index (κ1) is 18.0. The number of aromatic amines is 1. The number of furan rings is 1. The lowest BCUT2D eigenvalue weighted by Gasteiger charge is -2.30. The summed E-state index contributed by atoms with van der Waals surface area (Å²) in [6.07, 6.45) is 2.57. The summed E-state index contributed by atoms with van der Waals surface area (Å²) < 4.78 is 33.4. The average molecular weight is 386 g/mol. The van der Waals surface area contributed by atoms with Crippen molar-refractivity contribution >= 4 is 10.0 Å². The van der Waals surface area contributed by atoms with Gasteiger partial charge in [-0.3, -0.25) is 10.00 Å². The van der Waals surface area contributed by atoms with Crippen molar-refractivity contribution in [1.82, 2.24) is 19.8 Å². The Morgan fingerprint density at radius 3 is 2.81 bits per heavy atom. The van der Waals surface area contributed by atoms with Gasteiger partial charge >= 0.3 is 0 Å². The van der Waals surface area contributed by atoms with Gasteiger partial charge in [0.1, 0.15) is 5.69 Å². The van der Waals surface area contributed by atoms with Gasteiger partial charge in [0.2, 0.25) is 5.09 Å². The molecule has 1 aliphatic rings. The Balaban J connectivity index is 1.40. The number of H-pyrrole nitrogens is 1. The fourth-order valence-corrected chi connectivity index (χ4v) is 4.63. The van der Waals surface area contributed by atoms with Gasteiger partial charge in [0, 0.05) is 31.9 Å². The molecule has 1 aromatic carbocycles. The molecule has 0 amide bonds. The quantitative estimate of drug-likeness (QED) is 0.679. The molecular weight excluding hydrogens is 364 g/mol. The SMILES string of the molecule is C[C@@H](CN1CCc2ccccc2C1)NS(=O)(=O)c1ccc(-c2ccn[nH]2)o1. The van der Waals surface area contributed by atoms with Crippen LogP contribution < -0.4 is 4.72 Å². The van der Waals surface area contributed by atoms with Crippen molar-refractivity contribution in [1.29, 1.82) is 0 Å². The van der Waals surface area contributed by atoms with Crippen molar-refractivity contribution in [2.45, 2.75) is 31.0 Å². The van der Waals surface area contributed by atoms with E-state index in [9.17, 15) is 8.42 Å². The monoisotopic (exact) mass is 386 g/mol. The van der Waals surface area contributed by atoms with Crippen LogP contribution in [-0.2, 0) is 23.0 Å². The molecule has 0 radical (unpaired) electrons. The number of fused-ring (bicyclic) bond motifs is 1. The predicted octanol–water partition coefficient (Wildman–Crippen LogP) is 2.39. The van der Waals surface area contributed by atoms with Crippen LogP contribution in [0, 0.1) is 0 Å². The molecule has 1 atom stereocenters. The van der Waals surface area contributed by atoms with E-state index >= 15 is 0 Å². The number of benzene rings is 1. The molecule has 0 aliphatic carbocycles. The Labute approximate surface area is 158 Å². The van der Waals surface area contributed by atoms with Crippen molar-refractivity contribution in [3.05, 3.63) is 59.8 Å². The Hall–Kier alpha value is -2.42. The van der Waals surface area contributed by atoms with E-state index in [2.05, 4.69) is 38.0 Å². The Morgan fingerprint density at radius 2 is 2.04 bits per heavy atom. The van der Waals surface area contributed by atoms with Gasteiger partial charge in [-0.05, 0) is 42.7 Å². The highest BCUT2D eigenvalue weighted by molar-refractivity contribution is 7.89. The van der Waals surface area contributed by atoms with Gasteiger partial charge in [-0.25, -0.2) is 13.1 Å². The number of aromatic nitrogens is 2. The summed E-state index contributed by atoms with van der Waals surface area (Å²) in [5, 5.41) is 6.51. The lowest BCUT2D eigenvalue weighted by molar-refractivity contribution is 0.237. The van der Waals surface area contributed by atoms with Gasteiger partial charge < -0.3 is 4.42 Å². The highest BCUT2D eigenvalue weighted by Crippen LogP contribution is 2.23. The zero-order valence-electron chi connectivity index (χ0n) is 15.1. The van der Waals surface area contributed by atoms with Gasteiger partial charge in [-0.15, -0.1) is 0 Å². The molecule has 4 rings (SSSR count). The van der Waals surface area contributed by atoms with Crippen LogP contribution in [0.5, 0.6) is 0 Å². The lowest BCUT2D eigenvalue weighted by atomic mass is 10.00. The second-order valence-corrected chi connectivity index (χ2v) is 8.51. The number of rotatable bonds is 6. The number of nitrogens with zero attached hydrogens (tertiary/aromatic N) is 2. The smallest absolute Gasteiger partial charge is 0.274 e. The molecule has 0 spiro atoms. The highest BCUT2D eigenvalue weighted by Gasteiger charge is 2.24. The Bertz CT molecular complexity index is 1010. The first-order chi connectivity index (χ1) is 13.0. The fourth-order valence-electron chi connectivity index (χ4n) is 3.46. The molecule has 3 heterocycles. The Kier molecular flexibility index (Phi) is 4.86. The van der Waals surface area contributed by atoms with Crippen molar-refractivity contribution in [2.75, 3.05) is 13.1 Å². The third-order valence-electron chi connectivity index (χ3n) is 4.71. The van der Waals surface area contributed by atoms with Gasteiger partial charge in [-0.2, -0.15) is 5.10 Å². The van der Waals surface area contributed by atoms with E-state index in [0.29, 0.717) is 18.0 Å². The summed E-state index contributed by atoms with van der Waals surface area (Å²) in [4.78, 5) is 2.27. The summed E-state index contributed by atoms with van der Waals surface area (Å²) in [5.41, 5.74) is 3.33. The second-order valence-electron chi connectivity index (χ2n) is 6.87. The van der Waals surface area contributed by atoms with Crippen LogP contribution in [0.4, 0.5) is 0 Å². The average Bonchev–Trinajstić information content (AvgIpc) is 3.32. The van der Waals surface area contributed by atoms with E-state index < -0.39 is 10.0 Å². The molecule has 27 heavy (non-hydrogen) atoms. The number of hydrogen-bond donors (Lipinski definition) is 2. The van der Waals surface area contributed by atoms with E-state index in [1.165, 1.54) is 17.2 Å². The number of hydrogen-bond acceptors (Lipinski definition) is 5. The molecule has 2 aromatic heterocycles. The minimum Gasteiger partial charge on any atom is -0.442 e. The molecule has 8 heteroatoms. The first-order valence-electron chi connectivity index (χ1n) is 8.92. The maximum absolute atomic E-state index is 12.6. The first-order valence-corrected chi connectivity index (χ1v) is 10.4. The van der Waals surface area contributed by atoms with E-state index in [1.54, 1.807) is 18.3 Å². The molecule has 142 valence electrons. The summed E-state index contributed by atoms with van der Waals surface area (Å²) >= 11 is 0. The molecule has 0 fully saturated rings. The van der Waals surface area contributed by atoms with Gasteiger partial charge in [0.25, 0.3) is 10.0 Å². The second kappa shape index (κ2) is 7.30. The van der Waals surface area contributed by atoms with Gasteiger partial charge in [0.15, 0.2) is 5.76 Å². The molecule has 2 N–H and O–H groups in total. The van der Waals surface area contributed by atoms with Crippen molar-refractivity contribution in [3.8, 4) is 11.5 Å². The van der Waals surface area contributed by atoms with E-state index in [0.717, 1.165) is 19.5 Å². The highest BCUT2D eigenvalue weighted by atomic mass is 32.2. The third kappa shape index (κ3) is 3.97. The van der Waals surface area contributed by atoms with E-state index in [4.69, 9.17) is 4.42 Å². The maximum atomic E-state index is 12.6. The fraction of sp³-hybridized carbons (Fsp3) is 0.316. The molecule has 7 nitrogen and oxygen atoms in total. The van der Waals surface area contributed by atoms with E-state index in [-0.39, 0.29) is 11.1 Å². The zero-order valence-corrected chi connectivity index (χ0v) is 15.9. The number of sulfonamides is 1. The summed E-state index contributed by atoms with van der Waals surface area (Å²) in [5.74, 6) is 0.438. The lowest BCUT2D eigenvalue weighted by Crippen LogP contribution is -2.43. The van der Waals surface area contributed by atoms with E-state index in [1.807, 2.05) is 13.0 Å². The molecular formula is C19H22N4O3S.